The van der Waals surface area contributed by atoms with Crippen molar-refractivity contribution in [2.45, 2.75) is 50.6 Å². The topological polar surface area (TPSA) is 58.6 Å². The highest BCUT2D eigenvalue weighted by molar-refractivity contribution is 7.10. The molecule has 2 heterocycles. The van der Waals surface area contributed by atoms with Gasteiger partial charge >= 0.3 is 0 Å². The van der Waals surface area contributed by atoms with Crippen LogP contribution >= 0.6 is 11.3 Å². The fourth-order valence-electron chi connectivity index (χ4n) is 4.89. The first-order chi connectivity index (χ1) is 14.6. The molecule has 1 aromatic carbocycles. The third-order valence-electron chi connectivity index (χ3n) is 6.53. The van der Waals surface area contributed by atoms with Gasteiger partial charge in [0.2, 0.25) is 5.91 Å². The van der Waals surface area contributed by atoms with Crippen molar-refractivity contribution in [3.8, 4) is 0 Å². The number of methoxy groups -OCH3 is 1. The summed E-state index contributed by atoms with van der Waals surface area (Å²) in [5.41, 5.74) is 1.45. The number of ether oxygens (including phenoxy) is 1. The monoisotopic (exact) mass is 426 g/mol. The van der Waals surface area contributed by atoms with Gasteiger partial charge < -0.3 is 15.0 Å². The SMILES string of the molecule is COCCN1C(=O)c2ccccc2C(C(=O)NC2CCCCC2C)C1c1cccs1. The van der Waals surface area contributed by atoms with Gasteiger partial charge in [0.25, 0.3) is 5.91 Å². The van der Waals surface area contributed by atoms with Crippen LogP contribution in [0.25, 0.3) is 0 Å². The normalized spacial score (nSPS) is 26.3. The van der Waals surface area contributed by atoms with Gasteiger partial charge in [-0.25, -0.2) is 0 Å². The van der Waals surface area contributed by atoms with E-state index in [1.807, 2.05) is 46.7 Å². The average Bonchev–Trinajstić information content (AvgIpc) is 3.29. The van der Waals surface area contributed by atoms with Crippen molar-refractivity contribution >= 4 is 23.2 Å². The summed E-state index contributed by atoms with van der Waals surface area (Å²) in [6.45, 7) is 3.11. The number of rotatable bonds is 6. The summed E-state index contributed by atoms with van der Waals surface area (Å²) in [7, 11) is 1.64. The van der Waals surface area contributed by atoms with Crippen LogP contribution in [0, 0.1) is 5.92 Å². The van der Waals surface area contributed by atoms with Gasteiger partial charge in [-0.3, -0.25) is 9.59 Å². The first-order valence-electron chi connectivity index (χ1n) is 10.8. The Labute approximate surface area is 182 Å². The predicted molar refractivity (Wildman–Crippen MR) is 119 cm³/mol. The quantitative estimate of drug-likeness (QED) is 0.746. The summed E-state index contributed by atoms with van der Waals surface area (Å²) in [5.74, 6) is 0.0436. The van der Waals surface area contributed by atoms with Crippen LogP contribution < -0.4 is 5.32 Å². The van der Waals surface area contributed by atoms with E-state index in [0.29, 0.717) is 24.6 Å². The molecule has 4 rings (SSSR count). The van der Waals surface area contributed by atoms with E-state index in [2.05, 4.69) is 12.2 Å². The standard InChI is InChI=1S/C24H30N2O3S/c1-16-8-3-6-11-19(16)25-23(27)21-17-9-4-5-10-18(17)24(28)26(13-14-29-2)22(21)20-12-7-15-30-20/h4-5,7,9-10,12,15-16,19,21-22H,3,6,8,11,13-14H2,1-2H3,(H,25,27). The van der Waals surface area contributed by atoms with Gasteiger partial charge in [-0.1, -0.05) is 44.0 Å². The molecule has 1 fully saturated rings. The molecule has 0 spiro atoms. The molecular formula is C24H30N2O3S. The highest BCUT2D eigenvalue weighted by Gasteiger charge is 2.45. The molecular weight excluding hydrogens is 396 g/mol. The van der Waals surface area contributed by atoms with E-state index < -0.39 is 5.92 Å². The average molecular weight is 427 g/mol. The zero-order chi connectivity index (χ0) is 21.1. The van der Waals surface area contributed by atoms with E-state index in [-0.39, 0.29) is 23.9 Å². The van der Waals surface area contributed by atoms with E-state index in [1.54, 1.807) is 18.4 Å². The van der Waals surface area contributed by atoms with E-state index in [4.69, 9.17) is 4.74 Å². The Morgan fingerprint density at radius 1 is 1.20 bits per heavy atom. The third kappa shape index (κ3) is 4.03. The second kappa shape index (κ2) is 9.31. The maximum absolute atomic E-state index is 13.7. The minimum Gasteiger partial charge on any atom is -0.383 e. The molecule has 2 aliphatic rings. The van der Waals surface area contributed by atoms with Crippen LogP contribution in [0.5, 0.6) is 0 Å². The molecule has 2 aromatic rings. The highest BCUT2D eigenvalue weighted by atomic mass is 32.1. The molecule has 2 amide bonds. The second-order valence-electron chi connectivity index (χ2n) is 8.39. The zero-order valence-electron chi connectivity index (χ0n) is 17.7. The summed E-state index contributed by atoms with van der Waals surface area (Å²) in [5, 5.41) is 5.37. The Morgan fingerprint density at radius 2 is 2.00 bits per heavy atom. The van der Waals surface area contributed by atoms with Crippen molar-refractivity contribution in [1.82, 2.24) is 10.2 Å². The Hall–Kier alpha value is -2.18. The van der Waals surface area contributed by atoms with Gasteiger partial charge in [0.15, 0.2) is 0 Å². The van der Waals surface area contributed by atoms with Gasteiger partial charge in [0.05, 0.1) is 18.6 Å². The predicted octanol–water partition coefficient (Wildman–Crippen LogP) is 4.37. The molecule has 6 heteroatoms. The number of nitrogens with zero attached hydrogens (tertiary/aromatic N) is 1. The lowest BCUT2D eigenvalue weighted by molar-refractivity contribution is -0.125. The molecule has 1 aromatic heterocycles. The number of carbonyl (C=O) groups is 2. The van der Waals surface area contributed by atoms with Crippen LogP contribution in [0.15, 0.2) is 41.8 Å². The van der Waals surface area contributed by atoms with Gasteiger partial charge in [-0.15, -0.1) is 11.3 Å². The molecule has 30 heavy (non-hydrogen) atoms. The molecule has 1 aliphatic carbocycles. The zero-order valence-corrected chi connectivity index (χ0v) is 18.5. The maximum Gasteiger partial charge on any atom is 0.254 e. The maximum atomic E-state index is 13.7. The van der Waals surface area contributed by atoms with E-state index in [0.717, 1.165) is 29.7 Å². The summed E-state index contributed by atoms with van der Waals surface area (Å²) in [6.07, 6.45) is 4.57. The third-order valence-corrected chi connectivity index (χ3v) is 7.47. The largest absolute Gasteiger partial charge is 0.383 e. The number of hydrogen-bond donors (Lipinski definition) is 1. The number of hydrogen-bond acceptors (Lipinski definition) is 4. The lowest BCUT2D eigenvalue weighted by Gasteiger charge is -2.42. The number of carbonyl (C=O) groups excluding carboxylic acids is 2. The summed E-state index contributed by atoms with van der Waals surface area (Å²) in [6, 6.07) is 11.5. The minimum absolute atomic E-state index is 0.0227. The van der Waals surface area contributed by atoms with Crippen LogP contribution in [-0.2, 0) is 9.53 Å². The van der Waals surface area contributed by atoms with Crippen LogP contribution in [-0.4, -0.2) is 43.0 Å². The molecule has 4 atom stereocenters. The number of nitrogens with one attached hydrogen (secondary N) is 1. The lowest BCUT2D eigenvalue weighted by atomic mass is 9.80. The van der Waals surface area contributed by atoms with Gasteiger partial charge in [0.1, 0.15) is 0 Å². The minimum atomic E-state index is -0.427. The molecule has 0 bridgehead atoms. The van der Waals surface area contributed by atoms with Crippen molar-refractivity contribution in [2.75, 3.05) is 20.3 Å². The Morgan fingerprint density at radius 3 is 2.73 bits per heavy atom. The molecule has 0 saturated heterocycles. The Bertz CT molecular complexity index is 882. The van der Waals surface area contributed by atoms with Crippen LogP contribution in [0.1, 0.15) is 65.4 Å². The molecule has 4 unspecified atom stereocenters. The lowest BCUT2D eigenvalue weighted by Crippen LogP contribution is -2.50. The van der Waals surface area contributed by atoms with Crippen molar-refractivity contribution in [3.05, 3.63) is 57.8 Å². The first kappa shape index (κ1) is 21.1. The smallest absolute Gasteiger partial charge is 0.254 e. The molecule has 1 aliphatic heterocycles. The van der Waals surface area contributed by atoms with Crippen molar-refractivity contribution in [1.29, 1.82) is 0 Å². The first-order valence-corrected chi connectivity index (χ1v) is 11.7. The second-order valence-corrected chi connectivity index (χ2v) is 9.37. The fraction of sp³-hybridized carbons (Fsp3) is 0.500. The molecule has 0 radical (unpaired) electrons. The number of benzene rings is 1. The van der Waals surface area contributed by atoms with E-state index in [9.17, 15) is 9.59 Å². The summed E-state index contributed by atoms with van der Waals surface area (Å²) >= 11 is 1.60. The molecule has 1 saturated carbocycles. The Balaban J connectivity index is 1.74. The van der Waals surface area contributed by atoms with E-state index >= 15 is 0 Å². The molecule has 1 N–H and O–H groups in total. The van der Waals surface area contributed by atoms with Gasteiger partial charge in [-0.2, -0.15) is 0 Å². The highest BCUT2D eigenvalue weighted by Crippen LogP contribution is 2.44. The van der Waals surface area contributed by atoms with E-state index in [1.165, 1.54) is 6.42 Å². The number of amides is 2. The van der Waals surface area contributed by atoms with Crippen LogP contribution in [0.2, 0.25) is 0 Å². The van der Waals surface area contributed by atoms with Crippen molar-refractivity contribution < 1.29 is 14.3 Å². The summed E-state index contributed by atoms with van der Waals surface area (Å²) < 4.78 is 5.29. The van der Waals surface area contributed by atoms with Gasteiger partial charge in [-0.05, 0) is 41.8 Å². The summed E-state index contributed by atoms with van der Waals surface area (Å²) in [4.78, 5) is 30.0. The molecule has 5 nitrogen and oxygen atoms in total. The van der Waals surface area contributed by atoms with Crippen LogP contribution in [0.3, 0.4) is 0 Å². The Kier molecular flexibility index (Phi) is 6.54. The van der Waals surface area contributed by atoms with Crippen LogP contribution in [0.4, 0.5) is 0 Å². The number of thiophene rings is 1. The fourth-order valence-corrected chi connectivity index (χ4v) is 5.76. The van der Waals surface area contributed by atoms with Gasteiger partial charge in [0, 0.05) is 30.1 Å². The van der Waals surface area contributed by atoms with Crippen molar-refractivity contribution in [3.63, 3.8) is 0 Å². The van der Waals surface area contributed by atoms with Crippen molar-refractivity contribution in [2.24, 2.45) is 5.92 Å². The number of fused-ring (bicyclic) bond motifs is 1. The molecule has 160 valence electrons.